The lowest BCUT2D eigenvalue weighted by molar-refractivity contribution is -0.131. The largest absolute Gasteiger partial charge is 0.334 e. The van der Waals surface area contributed by atoms with Gasteiger partial charge in [-0.2, -0.15) is 0 Å². The highest BCUT2D eigenvalue weighted by molar-refractivity contribution is 7.90. The van der Waals surface area contributed by atoms with Crippen LogP contribution in [0.1, 0.15) is 36.9 Å². The van der Waals surface area contributed by atoms with Crippen molar-refractivity contribution in [2.75, 3.05) is 19.3 Å². The van der Waals surface area contributed by atoms with E-state index in [0.29, 0.717) is 6.54 Å². The smallest absolute Gasteiger partial charge is 0.239 e. The van der Waals surface area contributed by atoms with Crippen LogP contribution in [0, 0.1) is 0 Å². The molecule has 0 saturated carbocycles. The summed E-state index contributed by atoms with van der Waals surface area (Å²) >= 11 is 0. The number of hydrogen-bond acceptors (Lipinski definition) is 3. The Balaban J connectivity index is 2.26. The molecule has 0 fully saturated rings. The van der Waals surface area contributed by atoms with E-state index in [1.165, 1.54) is 12.6 Å². The van der Waals surface area contributed by atoms with E-state index in [2.05, 4.69) is 17.7 Å². The molecule has 0 radical (unpaired) electrons. The van der Waals surface area contributed by atoms with E-state index in [4.69, 9.17) is 0 Å². The molecule has 116 valence electrons. The van der Waals surface area contributed by atoms with Gasteiger partial charge in [0, 0.05) is 6.54 Å². The highest BCUT2D eigenvalue weighted by Crippen LogP contribution is 2.33. The standard InChI is InChI=1S/C15H22N2O3S/c1-3-6-14-13-8-5-4-7-12(13)9-10-17(14)15(18)11-21(19,20)16-2/h4-5,7-8,14,16H,3,6,9-11H2,1-2H3/t14-/m0/s1. The van der Waals surface area contributed by atoms with Crippen LogP contribution in [0.15, 0.2) is 24.3 Å². The number of benzene rings is 1. The molecule has 1 N–H and O–H groups in total. The summed E-state index contributed by atoms with van der Waals surface area (Å²) in [5.41, 5.74) is 2.41. The Bertz CT molecular complexity index is 613. The molecular formula is C15H22N2O3S. The highest BCUT2D eigenvalue weighted by atomic mass is 32.2. The molecule has 0 spiro atoms. The fourth-order valence-electron chi connectivity index (χ4n) is 2.85. The Morgan fingerprint density at radius 1 is 1.38 bits per heavy atom. The van der Waals surface area contributed by atoms with E-state index >= 15 is 0 Å². The van der Waals surface area contributed by atoms with Gasteiger partial charge in [-0.15, -0.1) is 0 Å². The molecule has 5 nitrogen and oxygen atoms in total. The van der Waals surface area contributed by atoms with Crippen LogP contribution in [0.3, 0.4) is 0 Å². The molecule has 0 saturated heterocycles. The topological polar surface area (TPSA) is 66.5 Å². The molecule has 1 aliphatic rings. The predicted octanol–water partition coefficient (Wildman–Crippen LogP) is 1.46. The molecule has 0 aliphatic carbocycles. The number of sulfonamides is 1. The van der Waals surface area contributed by atoms with Gasteiger partial charge in [-0.25, -0.2) is 13.1 Å². The summed E-state index contributed by atoms with van der Waals surface area (Å²) in [4.78, 5) is 14.1. The minimum Gasteiger partial charge on any atom is -0.334 e. The quantitative estimate of drug-likeness (QED) is 0.895. The minimum atomic E-state index is -3.53. The van der Waals surface area contributed by atoms with Crippen molar-refractivity contribution in [2.24, 2.45) is 0 Å². The molecule has 0 aromatic heterocycles. The second-order valence-electron chi connectivity index (χ2n) is 5.30. The highest BCUT2D eigenvalue weighted by Gasteiger charge is 2.31. The Morgan fingerprint density at radius 2 is 2.10 bits per heavy atom. The van der Waals surface area contributed by atoms with Crippen LogP contribution in [-0.2, 0) is 21.2 Å². The molecule has 1 aromatic rings. The van der Waals surface area contributed by atoms with Crippen LogP contribution < -0.4 is 4.72 Å². The lowest BCUT2D eigenvalue weighted by atomic mass is 9.90. The summed E-state index contributed by atoms with van der Waals surface area (Å²) in [7, 11) is -2.19. The number of carbonyl (C=O) groups excluding carboxylic acids is 1. The average molecular weight is 310 g/mol. The van der Waals surface area contributed by atoms with Crippen LogP contribution in [0.2, 0.25) is 0 Å². The third-order valence-electron chi connectivity index (χ3n) is 3.92. The molecule has 1 aromatic carbocycles. The number of hydrogen-bond donors (Lipinski definition) is 1. The normalized spacial score (nSPS) is 18.4. The predicted molar refractivity (Wildman–Crippen MR) is 82.4 cm³/mol. The first-order valence-electron chi connectivity index (χ1n) is 7.27. The van der Waals surface area contributed by atoms with Gasteiger partial charge in [-0.05, 0) is 31.0 Å². The lowest BCUT2D eigenvalue weighted by Gasteiger charge is -2.37. The van der Waals surface area contributed by atoms with E-state index in [-0.39, 0.29) is 11.9 Å². The van der Waals surface area contributed by atoms with E-state index in [0.717, 1.165) is 24.8 Å². The third-order valence-corrected chi connectivity index (χ3v) is 5.17. The van der Waals surface area contributed by atoms with Gasteiger partial charge in [-0.1, -0.05) is 37.6 Å². The summed E-state index contributed by atoms with van der Waals surface area (Å²) in [6, 6.07) is 8.09. The SMILES string of the molecule is CCC[C@H]1c2ccccc2CCN1C(=O)CS(=O)(=O)NC. The Hall–Kier alpha value is -1.40. The second kappa shape index (κ2) is 6.58. The van der Waals surface area contributed by atoms with Crippen molar-refractivity contribution in [3.8, 4) is 0 Å². The molecule has 1 atom stereocenters. The van der Waals surface area contributed by atoms with Crippen molar-refractivity contribution in [1.82, 2.24) is 9.62 Å². The lowest BCUT2D eigenvalue weighted by Crippen LogP contribution is -2.44. The fourth-order valence-corrected chi connectivity index (χ4v) is 3.49. The maximum Gasteiger partial charge on any atom is 0.239 e. The number of nitrogens with one attached hydrogen (secondary N) is 1. The number of rotatable bonds is 5. The molecule has 1 heterocycles. The fraction of sp³-hybridized carbons (Fsp3) is 0.533. The van der Waals surface area contributed by atoms with Gasteiger partial charge in [0.05, 0.1) is 6.04 Å². The van der Waals surface area contributed by atoms with E-state index in [1.54, 1.807) is 4.90 Å². The molecule has 1 amide bonds. The van der Waals surface area contributed by atoms with Crippen molar-refractivity contribution < 1.29 is 13.2 Å². The first-order chi connectivity index (χ1) is 9.98. The van der Waals surface area contributed by atoms with Gasteiger partial charge in [0.2, 0.25) is 15.9 Å². The summed E-state index contributed by atoms with van der Waals surface area (Å²) in [5, 5.41) is 0. The monoisotopic (exact) mass is 310 g/mol. The molecule has 6 heteroatoms. The van der Waals surface area contributed by atoms with Gasteiger partial charge >= 0.3 is 0 Å². The van der Waals surface area contributed by atoms with Gasteiger partial charge in [0.25, 0.3) is 0 Å². The number of fused-ring (bicyclic) bond motifs is 1. The van der Waals surface area contributed by atoms with E-state index in [1.807, 2.05) is 18.2 Å². The molecule has 2 rings (SSSR count). The third kappa shape index (κ3) is 3.63. The van der Waals surface area contributed by atoms with Gasteiger partial charge < -0.3 is 4.90 Å². The van der Waals surface area contributed by atoms with Crippen molar-refractivity contribution in [3.63, 3.8) is 0 Å². The van der Waals surface area contributed by atoms with Gasteiger partial charge in [-0.3, -0.25) is 4.79 Å². The zero-order valence-electron chi connectivity index (χ0n) is 12.5. The summed E-state index contributed by atoms with van der Waals surface area (Å²) in [6.07, 6.45) is 2.58. The van der Waals surface area contributed by atoms with Crippen LogP contribution in [0.5, 0.6) is 0 Å². The van der Waals surface area contributed by atoms with Crippen LogP contribution >= 0.6 is 0 Å². The van der Waals surface area contributed by atoms with Crippen LogP contribution in [0.25, 0.3) is 0 Å². The minimum absolute atomic E-state index is 0.0143. The molecule has 21 heavy (non-hydrogen) atoms. The van der Waals surface area contributed by atoms with Crippen molar-refractivity contribution in [1.29, 1.82) is 0 Å². The Morgan fingerprint density at radius 3 is 2.76 bits per heavy atom. The molecule has 1 aliphatic heterocycles. The maximum atomic E-state index is 12.4. The zero-order valence-corrected chi connectivity index (χ0v) is 13.3. The Labute approximate surface area is 126 Å². The van der Waals surface area contributed by atoms with Gasteiger partial charge in [0.15, 0.2) is 0 Å². The van der Waals surface area contributed by atoms with Crippen LogP contribution in [-0.4, -0.2) is 38.6 Å². The summed E-state index contributed by atoms with van der Waals surface area (Å²) in [6.45, 7) is 2.66. The molecule has 0 bridgehead atoms. The number of nitrogens with zero attached hydrogens (tertiary/aromatic N) is 1. The average Bonchev–Trinajstić information content (AvgIpc) is 2.47. The van der Waals surface area contributed by atoms with Gasteiger partial charge in [0.1, 0.15) is 5.75 Å². The second-order valence-corrected chi connectivity index (χ2v) is 7.23. The van der Waals surface area contributed by atoms with Crippen molar-refractivity contribution >= 4 is 15.9 Å². The Kier molecular flexibility index (Phi) is 5.00. The summed E-state index contributed by atoms with van der Waals surface area (Å²) in [5.74, 6) is -0.802. The van der Waals surface area contributed by atoms with Crippen molar-refractivity contribution in [3.05, 3.63) is 35.4 Å². The van der Waals surface area contributed by atoms with E-state index in [9.17, 15) is 13.2 Å². The maximum absolute atomic E-state index is 12.4. The first kappa shape index (κ1) is 16.0. The van der Waals surface area contributed by atoms with Crippen LogP contribution in [0.4, 0.5) is 0 Å². The first-order valence-corrected chi connectivity index (χ1v) is 8.92. The van der Waals surface area contributed by atoms with Crippen molar-refractivity contribution in [2.45, 2.75) is 32.2 Å². The number of amides is 1. The van der Waals surface area contributed by atoms with E-state index < -0.39 is 15.8 Å². The molecular weight excluding hydrogens is 288 g/mol. The zero-order chi connectivity index (χ0) is 15.5. The number of carbonyl (C=O) groups is 1. The molecule has 0 unspecified atom stereocenters. The summed E-state index contributed by atoms with van der Waals surface area (Å²) < 4.78 is 25.4.